The maximum atomic E-state index is 13.5. The van der Waals surface area contributed by atoms with Crippen LogP contribution in [0.5, 0.6) is 5.75 Å². The summed E-state index contributed by atoms with van der Waals surface area (Å²) in [5.74, 6) is 1.21. The number of halogens is 1. The molecule has 1 aliphatic heterocycles. The lowest BCUT2D eigenvalue weighted by atomic mass is 10.0. The number of aliphatic imine (C=N–C) groups is 1. The molecule has 0 radical (unpaired) electrons. The summed E-state index contributed by atoms with van der Waals surface area (Å²) in [5, 5.41) is 6.73. The van der Waals surface area contributed by atoms with Gasteiger partial charge in [0.15, 0.2) is 5.96 Å². The maximum Gasteiger partial charge on any atom is 0.195 e. The molecule has 1 atom stereocenters. The van der Waals surface area contributed by atoms with Crippen LogP contribution >= 0.6 is 0 Å². The first kappa shape index (κ1) is 24.0. The smallest absolute Gasteiger partial charge is 0.195 e. The van der Waals surface area contributed by atoms with E-state index in [4.69, 9.17) is 14.2 Å². The second-order valence-corrected chi connectivity index (χ2v) is 7.52. The standard InChI is InChI=1S/C24H33FN4O3/c1-26-24(28-21-5-3-6-22(17-21)32-14-4-13-30-2)27-18-23(29-11-15-31-16-12-29)19-7-9-20(25)10-8-19/h3,5-10,17,23H,4,11-16,18H2,1-2H3,(H2,26,27,28). The number of hydrogen-bond donors (Lipinski definition) is 2. The van der Waals surface area contributed by atoms with E-state index in [0.29, 0.717) is 38.9 Å². The SMILES string of the molecule is CN=C(NCC(c1ccc(F)cc1)N1CCOCC1)Nc1cccc(OCCCOC)c1. The predicted molar refractivity (Wildman–Crippen MR) is 125 cm³/mol. The zero-order valence-electron chi connectivity index (χ0n) is 18.9. The molecule has 1 aliphatic rings. The van der Waals surface area contributed by atoms with Crippen LogP contribution in [0.3, 0.4) is 0 Å². The Balaban J connectivity index is 1.61. The summed E-state index contributed by atoms with van der Waals surface area (Å²) in [6.45, 7) is 4.95. The first-order valence-corrected chi connectivity index (χ1v) is 11.0. The highest BCUT2D eigenvalue weighted by atomic mass is 19.1. The third kappa shape index (κ3) is 7.47. The molecule has 0 aliphatic carbocycles. The summed E-state index contributed by atoms with van der Waals surface area (Å²) in [7, 11) is 3.42. The Bertz CT molecular complexity index is 841. The number of ether oxygens (including phenoxy) is 3. The van der Waals surface area contributed by atoms with Crippen LogP contribution in [0.15, 0.2) is 53.5 Å². The van der Waals surface area contributed by atoms with E-state index in [1.165, 1.54) is 12.1 Å². The van der Waals surface area contributed by atoms with Gasteiger partial charge in [-0.3, -0.25) is 9.89 Å². The van der Waals surface area contributed by atoms with Crippen molar-refractivity contribution in [3.63, 3.8) is 0 Å². The van der Waals surface area contributed by atoms with E-state index >= 15 is 0 Å². The van der Waals surface area contributed by atoms with Gasteiger partial charge < -0.3 is 24.8 Å². The number of nitrogens with one attached hydrogen (secondary N) is 2. The minimum atomic E-state index is -0.232. The summed E-state index contributed by atoms with van der Waals surface area (Å²) in [5.41, 5.74) is 1.94. The van der Waals surface area contributed by atoms with Gasteiger partial charge in [-0.2, -0.15) is 0 Å². The van der Waals surface area contributed by atoms with Gasteiger partial charge in [0, 0.05) is 58.6 Å². The van der Waals surface area contributed by atoms with Crippen molar-refractivity contribution in [1.82, 2.24) is 10.2 Å². The van der Waals surface area contributed by atoms with E-state index in [0.717, 1.165) is 36.5 Å². The number of guanidine groups is 1. The van der Waals surface area contributed by atoms with Gasteiger partial charge in [0.1, 0.15) is 11.6 Å². The monoisotopic (exact) mass is 444 g/mol. The Kier molecular flexibility index (Phi) is 9.74. The average Bonchev–Trinajstić information content (AvgIpc) is 2.83. The minimum absolute atomic E-state index is 0.0773. The average molecular weight is 445 g/mol. The zero-order valence-corrected chi connectivity index (χ0v) is 18.9. The van der Waals surface area contributed by atoms with Gasteiger partial charge >= 0.3 is 0 Å². The lowest BCUT2D eigenvalue weighted by Gasteiger charge is -2.35. The third-order valence-corrected chi connectivity index (χ3v) is 5.29. The molecule has 8 heteroatoms. The molecule has 2 N–H and O–H groups in total. The van der Waals surface area contributed by atoms with E-state index < -0.39 is 0 Å². The molecule has 7 nitrogen and oxygen atoms in total. The van der Waals surface area contributed by atoms with Crippen molar-refractivity contribution in [2.75, 3.05) is 65.5 Å². The number of methoxy groups -OCH3 is 1. The van der Waals surface area contributed by atoms with Crippen LogP contribution in [0, 0.1) is 5.82 Å². The molecule has 1 fully saturated rings. The second-order valence-electron chi connectivity index (χ2n) is 7.52. The van der Waals surface area contributed by atoms with Crippen molar-refractivity contribution in [2.24, 2.45) is 4.99 Å². The van der Waals surface area contributed by atoms with Crippen LogP contribution in [-0.2, 0) is 9.47 Å². The van der Waals surface area contributed by atoms with Crippen molar-refractivity contribution >= 4 is 11.6 Å². The summed E-state index contributed by atoms with van der Waals surface area (Å²) in [6.07, 6.45) is 0.837. The topological polar surface area (TPSA) is 67.4 Å². The number of morpholine rings is 1. The number of anilines is 1. The van der Waals surface area contributed by atoms with Crippen LogP contribution in [0.4, 0.5) is 10.1 Å². The summed E-state index contributed by atoms with van der Waals surface area (Å²) >= 11 is 0. The fourth-order valence-corrected chi connectivity index (χ4v) is 3.60. The first-order valence-electron chi connectivity index (χ1n) is 11.0. The molecule has 2 aromatic carbocycles. The maximum absolute atomic E-state index is 13.5. The summed E-state index contributed by atoms with van der Waals surface area (Å²) in [6, 6.07) is 14.6. The van der Waals surface area contributed by atoms with Crippen molar-refractivity contribution in [3.8, 4) is 5.75 Å². The molecule has 0 amide bonds. The molecule has 32 heavy (non-hydrogen) atoms. The van der Waals surface area contributed by atoms with Gasteiger partial charge in [-0.25, -0.2) is 4.39 Å². The van der Waals surface area contributed by atoms with Gasteiger partial charge in [0.05, 0.1) is 25.9 Å². The Morgan fingerprint density at radius 2 is 1.94 bits per heavy atom. The van der Waals surface area contributed by atoms with Gasteiger partial charge in [-0.05, 0) is 29.8 Å². The summed E-state index contributed by atoms with van der Waals surface area (Å²) in [4.78, 5) is 6.71. The molecule has 0 saturated carbocycles. The van der Waals surface area contributed by atoms with Crippen LogP contribution in [0.2, 0.25) is 0 Å². The molecule has 3 rings (SSSR count). The fraction of sp³-hybridized carbons (Fsp3) is 0.458. The molecular formula is C24H33FN4O3. The zero-order chi connectivity index (χ0) is 22.6. The quantitative estimate of drug-likeness (QED) is 0.333. The van der Waals surface area contributed by atoms with E-state index in [1.807, 2.05) is 36.4 Å². The highest BCUT2D eigenvalue weighted by Gasteiger charge is 2.23. The number of benzene rings is 2. The van der Waals surface area contributed by atoms with E-state index in [9.17, 15) is 4.39 Å². The normalized spacial score (nSPS) is 15.9. The Morgan fingerprint density at radius 1 is 1.16 bits per heavy atom. The highest BCUT2D eigenvalue weighted by molar-refractivity contribution is 5.93. The molecule has 0 aromatic heterocycles. The molecular weight excluding hydrogens is 411 g/mol. The lowest BCUT2D eigenvalue weighted by Crippen LogP contribution is -2.44. The molecule has 1 heterocycles. The molecule has 1 saturated heterocycles. The minimum Gasteiger partial charge on any atom is -0.493 e. The second kappa shape index (κ2) is 13.0. The predicted octanol–water partition coefficient (Wildman–Crippen LogP) is 3.30. The van der Waals surface area contributed by atoms with Gasteiger partial charge in [-0.15, -0.1) is 0 Å². The fourth-order valence-electron chi connectivity index (χ4n) is 3.60. The van der Waals surface area contributed by atoms with Crippen LogP contribution in [-0.4, -0.2) is 71.1 Å². The molecule has 2 aromatic rings. The van der Waals surface area contributed by atoms with Crippen LogP contribution in [0.25, 0.3) is 0 Å². The Morgan fingerprint density at radius 3 is 2.66 bits per heavy atom. The first-order chi connectivity index (χ1) is 15.7. The van der Waals surface area contributed by atoms with Crippen LogP contribution in [0.1, 0.15) is 18.0 Å². The molecule has 0 bridgehead atoms. The molecule has 0 spiro atoms. The van der Waals surface area contributed by atoms with Gasteiger partial charge in [-0.1, -0.05) is 18.2 Å². The number of hydrogen-bond acceptors (Lipinski definition) is 5. The summed E-state index contributed by atoms with van der Waals surface area (Å²) < 4.78 is 29.8. The van der Waals surface area contributed by atoms with Crippen molar-refractivity contribution < 1.29 is 18.6 Å². The lowest BCUT2D eigenvalue weighted by molar-refractivity contribution is 0.0170. The van der Waals surface area contributed by atoms with Gasteiger partial charge in [0.2, 0.25) is 0 Å². The van der Waals surface area contributed by atoms with Crippen molar-refractivity contribution in [2.45, 2.75) is 12.5 Å². The third-order valence-electron chi connectivity index (χ3n) is 5.29. The highest BCUT2D eigenvalue weighted by Crippen LogP contribution is 2.22. The Labute approximate surface area is 189 Å². The van der Waals surface area contributed by atoms with Crippen LogP contribution < -0.4 is 15.4 Å². The van der Waals surface area contributed by atoms with E-state index in [2.05, 4.69) is 20.5 Å². The molecule has 1 unspecified atom stereocenters. The van der Waals surface area contributed by atoms with E-state index in [-0.39, 0.29) is 11.9 Å². The molecule has 174 valence electrons. The number of rotatable bonds is 10. The van der Waals surface area contributed by atoms with Gasteiger partial charge in [0.25, 0.3) is 0 Å². The largest absolute Gasteiger partial charge is 0.493 e. The van der Waals surface area contributed by atoms with Crippen molar-refractivity contribution in [1.29, 1.82) is 0 Å². The van der Waals surface area contributed by atoms with Crippen molar-refractivity contribution in [3.05, 3.63) is 59.9 Å². The number of nitrogens with zero attached hydrogens (tertiary/aromatic N) is 2. The van der Waals surface area contributed by atoms with E-state index in [1.54, 1.807) is 14.2 Å². The Hall–Kier alpha value is -2.68.